The fourth-order valence-electron chi connectivity index (χ4n) is 3.15. The first-order chi connectivity index (χ1) is 13.3. The van der Waals surface area contributed by atoms with Crippen molar-refractivity contribution in [1.82, 2.24) is 9.62 Å². The molecule has 1 aliphatic heterocycles. The molecule has 1 aromatic heterocycles. The molecule has 1 aromatic carbocycles. The second kappa shape index (κ2) is 8.42. The number of aryl methyl sites for hydroxylation is 2. The predicted molar refractivity (Wildman–Crippen MR) is 109 cm³/mol. The van der Waals surface area contributed by atoms with E-state index in [1.54, 1.807) is 29.6 Å². The highest BCUT2D eigenvalue weighted by Crippen LogP contribution is 2.28. The van der Waals surface area contributed by atoms with Gasteiger partial charge in [-0.15, -0.1) is 11.3 Å². The van der Waals surface area contributed by atoms with E-state index in [4.69, 9.17) is 0 Å². The summed E-state index contributed by atoms with van der Waals surface area (Å²) in [6, 6.07) is 8.32. The van der Waals surface area contributed by atoms with Crippen LogP contribution in [0.15, 0.2) is 39.9 Å². The van der Waals surface area contributed by atoms with E-state index >= 15 is 0 Å². The van der Waals surface area contributed by atoms with Gasteiger partial charge in [0.25, 0.3) is 10.0 Å². The lowest BCUT2D eigenvalue weighted by Crippen LogP contribution is -2.45. The van der Waals surface area contributed by atoms with Crippen molar-refractivity contribution in [2.24, 2.45) is 0 Å². The van der Waals surface area contributed by atoms with Gasteiger partial charge in [0.2, 0.25) is 0 Å². The third-order valence-electron chi connectivity index (χ3n) is 4.85. The molecule has 0 aliphatic carbocycles. The molecule has 9 heteroatoms. The summed E-state index contributed by atoms with van der Waals surface area (Å²) in [5, 5.41) is 6.85. The minimum Gasteiger partial charge on any atom is -0.346 e. The van der Waals surface area contributed by atoms with Gasteiger partial charge < -0.3 is 10.6 Å². The minimum absolute atomic E-state index is 0.101. The van der Waals surface area contributed by atoms with Gasteiger partial charge in [0, 0.05) is 24.8 Å². The molecule has 1 atom stereocenters. The second-order valence-corrected chi connectivity index (χ2v) is 9.87. The zero-order valence-electron chi connectivity index (χ0n) is 15.8. The largest absolute Gasteiger partial charge is 0.346 e. The van der Waals surface area contributed by atoms with Crippen LogP contribution < -0.4 is 10.6 Å². The van der Waals surface area contributed by atoms with Crippen molar-refractivity contribution < 1.29 is 18.0 Å². The molecule has 7 nitrogen and oxygen atoms in total. The van der Waals surface area contributed by atoms with Crippen molar-refractivity contribution in [3.05, 3.63) is 46.8 Å². The number of rotatable bonds is 5. The number of anilines is 1. The van der Waals surface area contributed by atoms with Crippen LogP contribution in [0.4, 0.5) is 5.69 Å². The summed E-state index contributed by atoms with van der Waals surface area (Å²) in [4.78, 5) is 24.3. The lowest BCUT2D eigenvalue weighted by Gasteiger charge is -2.23. The van der Waals surface area contributed by atoms with Gasteiger partial charge in [-0.25, -0.2) is 8.42 Å². The van der Waals surface area contributed by atoms with Crippen molar-refractivity contribution >= 4 is 38.9 Å². The lowest BCUT2D eigenvalue weighted by atomic mass is 10.1. The molecule has 0 saturated carbocycles. The Hall–Kier alpha value is -2.23. The smallest absolute Gasteiger partial charge is 0.313 e. The van der Waals surface area contributed by atoms with Gasteiger partial charge in [-0.3, -0.25) is 9.59 Å². The van der Waals surface area contributed by atoms with Gasteiger partial charge in [0.15, 0.2) is 0 Å². The van der Waals surface area contributed by atoms with Gasteiger partial charge in [0.05, 0.1) is 0 Å². The summed E-state index contributed by atoms with van der Waals surface area (Å²) in [5.74, 6) is -1.55. The monoisotopic (exact) mass is 421 g/mol. The average Bonchev–Trinajstić information content (AvgIpc) is 3.34. The quantitative estimate of drug-likeness (QED) is 0.724. The first-order valence-electron chi connectivity index (χ1n) is 9.01. The number of sulfonamides is 1. The van der Waals surface area contributed by atoms with Crippen LogP contribution in [0.25, 0.3) is 0 Å². The van der Waals surface area contributed by atoms with Gasteiger partial charge in [0.1, 0.15) is 4.21 Å². The Kier molecular flexibility index (Phi) is 6.17. The van der Waals surface area contributed by atoms with Crippen LogP contribution in [0.2, 0.25) is 0 Å². The van der Waals surface area contributed by atoms with E-state index in [0.29, 0.717) is 22.9 Å². The fraction of sp³-hybridized carbons (Fsp3) is 0.368. The van der Waals surface area contributed by atoms with Gasteiger partial charge in [-0.05, 0) is 61.4 Å². The number of hydrogen-bond acceptors (Lipinski definition) is 5. The van der Waals surface area contributed by atoms with Gasteiger partial charge >= 0.3 is 11.8 Å². The van der Waals surface area contributed by atoms with E-state index in [0.717, 1.165) is 17.5 Å². The predicted octanol–water partition coefficient (Wildman–Crippen LogP) is 2.27. The van der Waals surface area contributed by atoms with E-state index in [-0.39, 0.29) is 12.6 Å². The topological polar surface area (TPSA) is 95.6 Å². The molecular weight excluding hydrogens is 398 g/mol. The lowest BCUT2D eigenvalue weighted by molar-refractivity contribution is -0.136. The van der Waals surface area contributed by atoms with Crippen LogP contribution in [0, 0.1) is 13.8 Å². The van der Waals surface area contributed by atoms with Crippen molar-refractivity contribution in [2.45, 2.75) is 36.9 Å². The molecule has 1 saturated heterocycles. The van der Waals surface area contributed by atoms with Crippen LogP contribution in [0.1, 0.15) is 24.0 Å². The molecule has 2 amide bonds. The SMILES string of the molecule is Cc1ccc(NC(=O)C(=O)NC[C@H]2CCCN2S(=O)(=O)c2cccs2)cc1C. The Balaban J connectivity index is 1.58. The van der Waals surface area contributed by atoms with Crippen molar-refractivity contribution in [3.8, 4) is 0 Å². The maximum Gasteiger partial charge on any atom is 0.313 e. The highest BCUT2D eigenvalue weighted by molar-refractivity contribution is 7.91. The molecule has 0 radical (unpaired) electrons. The molecule has 2 N–H and O–H groups in total. The van der Waals surface area contributed by atoms with Gasteiger partial charge in [-0.1, -0.05) is 12.1 Å². The zero-order valence-corrected chi connectivity index (χ0v) is 17.4. The Morgan fingerprint density at radius 3 is 2.64 bits per heavy atom. The molecule has 28 heavy (non-hydrogen) atoms. The van der Waals surface area contributed by atoms with Crippen LogP contribution in [-0.4, -0.2) is 43.7 Å². The Bertz CT molecular complexity index is 971. The van der Waals surface area contributed by atoms with E-state index in [1.807, 2.05) is 19.9 Å². The number of thiophene rings is 1. The maximum absolute atomic E-state index is 12.7. The Labute approximate surface area is 168 Å². The van der Waals surface area contributed by atoms with Crippen molar-refractivity contribution in [3.63, 3.8) is 0 Å². The van der Waals surface area contributed by atoms with Crippen LogP contribution in [-0.2, 0) is 19.6 Å². The summed E-state index contributed by atoms with van der Waals surface area (Å²) < 4.78 is 27.2. The molecule has 150 valence electrons. The first-order valence-corrected chi connectivity index (χ1v) is 11.3. The molecule has 2 heterocycles. The third-order valence-corrected chi connectivity index (χ3v) is 8.18. The molecule has 2 aromatic rings. The Morgan fingerprint density at radius 2 is 1.96 bits per heavy atom. The average molecular weight is 422 g/mol. The van der Waals surface area contributed by atoms with Crippen LogP contribution >= 0.6 is 11.3 Å². The fourth-order valence-corrected chi connectivity index (χ4v) is 5.97. The third kappa shape index (κ3) is 4.43. The molecule has 0 unspecified atom stereocenters. The maximum atomic E-state index is 12.7. The number of nitrogens with one attached hydrogen (secondary N) is 2. The van der Waals surface area contributed by atoms with E-state index in [2.05, 4.69) is 10.6 Å². The van der Waals surface area contributed by atoms with Crippen molar-refractivity contribution in [2.75, 3.05) is 18.4 Å². The molecule has 3 rings (SSSR count). The summed E-state index contributed by atoms with van der Waals surface area (Å²) in [7, 11) is -3.57. The first kappa shape index (κ1) is 20.5. The number of carbonyl (C=O) groups is 2. The second-order valence-electron chi connectivity index (χ2n) is 6.81. The number of carbonyl (C=O) groups excluding carboxylic acids is 2. The highest BCUT2D eigenvalue weighted by atomic mass is 32.2. The summed E-state index contributed by atoms with van der Waals surface area (Å²) >= 11 is 1.17. The molecule has 0 bridgehead atoms. The zero-order chi connectivity index (χ0) is 20.3. The number of amides is 2. The number of hydrogen-bond donors (Lipinski definition) is 2. The Morgan fingerprint density at radius 1 is 1.18 bits per heavy atom. The normalized spacial score (nSPS) is 17.4. The molecule has 0 spiro atoms. The molecule has 1 fully saturated rings. The van der Waals surface area contributed by atoms with Crippen LogP contribution in [0.5, 0.6) is 0 Å². The van der Waals surface area contributed by atoms with Crippen LogP contribution in [0.3, 0.4) is 0 Å². The summed E-state index contributed by atoms with van der Waals surface area (Å²) in [6.45, 7) is 4.40. The van der Waals surface area contributed by atoms with E-state index in [1.165, 1.54) is 15.6 Å². The van der Waals surface area contributed by atoms with E-state index < -0.39 is 21.8 Å². The van der Waals surface area contributed by atoms with Gasteiger partial charge in [-0.2, -0.15) is 4.31 Å². The molecule has 1 aliphatic rings. The standard InChI is InChI=1S/C19H23N3O4S2/c1-13-7-8-15(11-14(13)2)21-19(24)18(23)20-12-16-5-3-9-22(16)28(25,26)17-6-4-10-27-17/h4,6-8,10-11,16H,3,5,9,12H2,1-2H3,(H,20,23)(H,21,24)/t16-/m1/s1. The minimum atomic E-state index is -3.57. The summed E-state index contributed by atoms with van der Waals surface area (Å²) in [6.07, 6.45) is 1.36. The highest BCUT2D eigenvalue weighted by Gasteiger charge is 2.36. The number of nitrogens with zero attached hydrogens (tertiary/aromatic N) is 1. The number of benzene rings is 1. The van der Waals surface area contributed by atoms with Crippen molar-refractivity contribution in [1.29, 1.82) is 0 Å². The summed E-state index contributed by atoms with van der Waals surface area (Å²) in [5.41, 5.74) is 2.65. The molecular formula is C19H23N3O4S2. The van der Waals surface area contributed by atoms with E-state index in [9.17, 15) is 18.0 Å².